The number of anilines is 1. The van der Waals surface area contributed by atoms with Crippen molar-refractivity contribution in [3.8, 4) is 5.75 Å². The molecule has 0 spiro atoms. The number of thioether (sulfide) groups is 1. The summed E-state index contributed by atoms with van der Waals surface area (Å²) in [4.78, 5) is 3.72. The molecule has 0 radical (unpaired) electrons. The summed E-state index contributed by atoms with van der Waals surface area (Å²) < 4.78 is 5.47. The number of methoxy groups -OCH3 is 1. The van der Waals surface area contributed by atoms with E-state index in [4.69, 9.17) is 10.5 Å². The van der Waals surface area contributed by atoms with Crippen LogP contribution in [0.15, 0.2) is 23.1 Å². The van der Waals surface area contributed by atoms with Crippen LogP contribution in [0.2, 0.25) is 0 Å². The van der Waals surface area contributed by atoms with Crippen molar-refractivity contribution < 1.29 is 4.74 Å². The fourth-order valence-electron chi connectivity index (χ4n) is 2.21. The van der Waals surface area contributed by atoms with E-state index in [1.807, 2.05) is 17.8 Å². The second-order valence-electron chi connectivity index (χ2n) is 4.32. The maximum absolute atomic E-state index is 5.61. The third-order valence-corrected chi connectivity index (χ3v) is 4.07. The Morgan fingerprint density at radius 3 is 3.06 bits per heavy atom. The van der Waals surface area contributed by atoms with Crippen molar-refractivity contribution in [2.75, 3.05) is 31.6 Å². The fourth-order valence-corrected chi connectivity index (χ4v) is 3.40. The van der Waals surface area contributed by atoms with E-state index >= 15 is 0 Å². The number of hydrogen-bond donors (Lipinski definition) is 1. The minimum atomic E-state index is 0.618. The second-order valence-corrected chi connectivity index (χ2v) is 5.80. The number of nitrogens with zero attached hydrogens (tertiary/aromatic N) is 1. The van der Waals surface area contributed by atoms with Crippen LogP contribution in [0.3, 0.4) is 0 Å². The smallest absolute Gasteiger partial charge is 0.143 e. The van der Waals surface area contributed by atoms with E-state index in [-0.39, 0.29) is 0 Å². The van der Waals surface area contributed by atoms with Crippen LogP contribution in [0.4, 0.5) is 5.69 Å². The van der Waals surface area contributed by atoms with Crippen molar-refractivity contribution in [2.45, 2.75) is 23.5 Å². The van der Waals surface area contributed by atoms with E-state index in [0.29, 0.717) is 5.25 Å². The molecule has 0 bridgehead atoms. The van der Waals surface area contributed by atoms with Crippen molar-refractivity contribution in [1.82, 2.24) is 0 Å². The molecule has 0 aliphatic carbocycles. The number of fused-ring (bicyclic) bond motifs is 1. The highest BCUT2D eigenvalue weighted by Gasteiger charge is 2.24. The molecule has 3 nitrogen and oxygen atoms in total. The molecule has 2 N–H and O–H groups in total. The molecule has 1 aromatic carbocycles. The van der Waals surface area contributed by atoms with Crippen LogP contribution >= 0.6 is 11.8 Å². The first-order valence-corrected chi connectivity index (χ1v) is 6.93. The Balaban J connectivity index is 2.31. The molecule has 0 saturated carbocycles. The van der Waals surface area contributed by atoms with Crippen LogP contribution in [0.1, 0.15) is 13.3 Å². The molecule has 94 valence electrons. The molecular weight excluding hydrogens is 232 g/mol. The van der Waals surface area contributed by atoms with Crippen molar-refractivity contribution in [2.24, 2.45) is 5.73 Å². The van der Waals surface area contributed by atoms with Crippen LogP contribution in [0, 0.1) is 0 Å². The Hall–Kier alpha value is -0.870. The van der Waals surface area contributed by atoms with Gasteiger partial charge in [-0.1, -0.05) is 13.0 Å². The Bertz CT molecular complexity index is 384. The molecule has 0 fully saturated rings. The summed E-state index contributed by atoms with van der Waals surface area (Å²) in [5.74, 6) is 0.971. The molecule has 2 rings (SSSR count). The zero-order valence-corrected chi connectivity index (χ0v) is 11.3. The van der Waals surface area contributed by atoms with Crippen LogP contribution < -0.4 is 15.4 Å². The van der Waals surface area contributed by atoms with Gasteiger partial charge in [-0.3, -0.25) is 0 Å². The van der Waals surface area contributed by atoms with Crippen LogP contribution in [-0.2, 0) is 0 Å². The third-order valence-electron chi connectivity index (χ3n) is 2.94. The molecule has 1 aromatic rings. The van der Waals surface area contributed by atoms with Crippen LogP contribution in [-0.4, -0.2) is 32.0 Å². The standard InChI is InChI=1S/C13H20N2OS/c1-10-9-15(8-4-7-14)13-11(16-2)5-3-6-12(13)17-10/h3,5-6,10H,4,7-9,14H2,1-2H3. The highest BCUT2D eigenvalue weighted by atomic mass is 32.2. The van der Waals surface area contributed by atoms with Crippen molar-refractivity contribution >= 4 is 17.4 Å². The lowest BCUT2D eigenvalue weighted by molar-refractivity contribution is 0.412. The summed E-state index contributed by atoms with van der Waals surface area (Å²) in [6.45, 7) is 5.08. The first kappa shape index (κ1) is 12.6. The van der Waals surface area contributed by atoms with Crippen molar-refractivity contribution in [1.29, 1.82) is 0 Å². The van der Waals surface area contributed by atoms with E-state index in [2.05, 4.69) is 24.0 Å². The van der Waals surface area contributed by atoms with Crippen LogP contribution in [0.25, 0.3) is 0 Å². The van der Waals surface area contributed by atoms with Gasteiger partial charge in [-0.15, -0.1) is 11.8 Å². The quantitative estimate of drug-likeness (QED) is 0.892. The summed E-state index contributed by atoms with van der Waals surface area (Å²) in [5.41, 5.74) is 6.85. The van der Waals surface area contributed by atoms with E-state index in [1.54, 1.807) is 7.11 Å². The molecule has 17 heavy (non-hydrogen) atoms. The molecular formula is C13H20N2OS. The number of hydrogen-bond acceptors (Lipinski definition) is 4. The van der Waals surface area contributed by atoms with Gasteiger partial charge in [0.2, 0.25) is 0 Å². The van der Waals surface area contributed by atoms with Gasteiger partial charge >= 0.3 is 0 Å². The molecule has 4 heteroatoms. The van der Waals surface area contributed by atoms with E-state index in [1.165, 1.54) is 10.6 Å². The van der Waals surface area contributed by atoms with E-state index in [9.17, 15) is 0 Å². The average Bonchev–Trinajstić information content (AvgIpc) is 2.34. The zero-order chi connectivity index (χ0) is 12.3. The maximum atomic E-state index is 5.61. The van der Waals surface area contributed by atoms with Crippen molar-refractivity contribution in [3.05, 3.63) is 18.2 Å². The second kappa shape index (κ2) is 5.65. The van der Waals surface area contributed by atoms with Gasteiger partial charge in [0, 0.05) is 23.2 Å². The largest absolute Gasteiger partial charge is 0.495 e. The number of ether oxygens (including phenoxy) is 1. The monoisotopic (exact) mass is 252 g/mol. The summed E-state index contributed by atoms with van der Waals surface area (Å²) >= 11 is 1.93. The molecule has 1 heterocycles. The van der Waals surface area contributed by atoms with Gasteiger partial charge < -0.3 is 15.4 Å². The van der Waals surface area contributed by atoms with Gasteiger partial charge in [-0.05, 0) is 25.1 Å². The molecule has 0 aromatic heterocycles. The highest BCUT2D eigenvalue weighted by Crippen LogP contribution is 2.43. The van der Waals surface area contributed by atoms with Gasteiger partial charge in [0.15, 0.2) is 0 Å². The van der Waals surface area contributed by atoms with Crippen LogP contribution in [0.5, 0.6) is 5.75 Å². The van der Waals surface area contributed by atoms with Gasteiger partial charge in [0.05, 0.1) is 12.8 Å². The number of rotatable bonds is 4. The molecule has 0 saturated heterocycles. The molecule has 0 amide bonds. The molecule has 1 aliphatic rings. The Kier molecular flexibility index (Phi) is 4.18. The van der Waals surface area contributed by atoms with Gasteiger partial charge in [-0.25, -0.2) is 0 Å². The van der Waals surface area contributed by atoms with E-state index < -0.39 is 0 Å². The minimum Gasteiger partial charge on any atom is -0.495 e. The fraction of sp³-hybridized carbons (Fsp3) is 0.538. The summed E-state index contributed by atoms with van der Waals surface area (Å²) in [6, 6.07) is 6.27. The number of benzene rings is 1. The highest BCUT2D eigenvalue weighted by molar-refractivity contribution is 8.00. The summed E-state index contributed by atoms with van der Waals surface area (Å²) in [6.07, 6.45) is 1.02. The predicted octanol–water partition coefficient (Wildman–Crippen LogP) is 2.34. The molecule has 1 unspecified atom stereocenters. The topological polar surface area (TPSA) is 38.5 Å². The first-order chi connectivity index (χ1) is 8.26. The SMILES string of the molecule is COc1cccc2c1N(CCCN)CC(C)S2. The third kappa shape index (κ3) is 2.69. The molecule has 1 aliphatic heterocycles. The Morgan fingerprint density at radius 1 is 1.53 bits per heavy atom. The van der Waals surface area contributed by atoms with Gasteiger partial charge in [0.1, 0.15) is 5.75 Å². The number of nitrogens with two attached hydrogens (primary N) is 1. The van der Waals surface area contributed by atoms with Gasteiger partial charge in [0.25, 0.3) is 0 Å². The summed E-state index contributed by atoms with van der Waals surface area (Å²) in [5, 5.41) is 0.618. The lowest BCUT2D eigenvalue weighted by Gasteiger charge is -2.35. The first-order valence-electron chi connectivity index (χ1n) is 6.05. The minimum absolute atomic E-state index is 0.618. The predicted molar refractivity (Wildman–Crippen MR) is 74.2 cm³/mol. The Morgan fingerprint density at radius 2 is 2.35 bits per heavy atom. The lowest BCUT2D eigenvalue weighted by atomic mass is 10.2. The summed E-state index contributed by atoms with van der Waals surface area (Å²) in [7, 11) is 1.74. The maximum Gasteiger partial charge on any atom is 0.143 e. The Labute approximate surface area is 107 Å². The average molecular weight is 252 g/mol. The zero-order valence-electron chi connectivity index (χ0n) is 10.5. The molecule has 1 atom stereocenters. The van der Waals surface area contributed by atoms with Gasteiger partial charge in [-0.2, -0.15) is 0 Å². The normalized spacial score (nSPS) is 19.0. The van der Waals surface area contributed by atoms with E-state index in [0.717, 1.165) is 31.8 Å². The lowest BCUT2D eigenvalue weighted by Crippen LogP contribution is -2.35. The van der Waals surface area contributed by atoms with Crippen molar-refractivity contribution in [3.63, 3.8) is 0 Å². The number of para-hydroxylation sites is 1.